The summed E-state index contributed by atoms with van der Waals surface area (Å²) in [6.45, 7) is 3.03. The average Bonchev–Trinajstić information content (AvgIpc) is 1.85. The molecule has 2 N–H and O–H groups in total. The largest absolute Gasteiger partial charge is 0.481 e. The molecular weight excluding hydrogens is 200 g/mol. The Hall–Kier alpha value is -0.0900. The molecule has 0 aliphatic heterocycles. The Balaban J connectivity index is 0. The molecule has 0 aliphatic rings. The molecule has 0 aromatic rings. The zero-order valence-corrected chi connectivity index (χ0v) is 7.76. The van der Waals surface area contributed by atoms with Crippen LogP contribution in [0.4, 0.5) is 0 Å². The highest BCUT2D eigenvalue weighted by Crippen LogP contribution is 1.92. The molecule has 0 fully saturated rings. The van der Waals surface area contributed by atoms with Gasteiger partial charge >= 0.3 is 0 Å². The Labute approximate surface area is 69.2 Å². The van der Waals surface area contributed by atoms with Crippen LogP contribution >= 0.6 is 15.9 Å². The van der Waals surface area contributed by atoms with Crippen LogP contribution in [-0.4, -0.2) is 27.6 Å². The number of alkyl halides is 1. The number of carboxylic acids is 1. The molecule has 0 amide bonds. The van der Waals surface area contributed by atoms with E-state index in [1.165, 1.54) is 0 Å². The molecule has 0 radical (unpaired) electrons. The Bertz CT molecular complexity index is 77.1. The maximum atomic E-state index is 9.00. The lowest BCUT2D eigenvalue weighted by molar-refractivity contribution is -0.134. The van der Waals surface area contributed by atoms with E-state index in [1.54, 1.807) is 0 Å². The van der Waals surface area contributed by atoms with Crippen molar-refractivity contribution in [3.8, 4) is 0 Å². The number of rotatable bonds is 2. The van der Waals surface area contributed by atoms with Gasteiger partial charge in [-0.05, 0) is 6.42 Å². The summed E-state index contributed by atoms with van der Waals surface area (Å²) in [5.41, 5.74) is 0. The van der Waals surface area contributed by atoms with Crippen LogP contribution in [0.1, 0.15) is 20.3 Å². The molecule has 0 bridgehead atoms. The molecule has 0 saturated carbocycles. The summed E-state index contributed by atoms with van der Waals surface area (Å²) in [6, 6.07) is 0. The van der Waals surface area contributed by atoms with Gasteiger partial charge in [-0.25, -0.2) is 0 Å². The highest BCUT2D eigenvalue weighted by molar-refractivity contribution is 9.09. The van der Waals surface area contributed by atoms with E-state index >= 15 is 0 Å². The number of hydrogen-bond acceptors (Lipinski definition) is 2. The molecular formula is C6H13BrO3. The lowest BCUT2D eigenvalue weighted by Crippen LogP contribution is -2.03. The Morgan fingerprint density at radius 2 is 2.00 bits per heavy atom. The first-order valence-corrected chi connectivity index (χ1v) is 4.10. The third-order valence-electron chi connectivity index (χ3n) is 0.649. The first kappa shape index (κ1) is 12.6. The number of carboxylic acid groups (broad SMARTS) is 1. The molecule has 1 atom stereocenters. The Morgan fingerprint density at radius 1 is 1.70 bits per heavy atom. The quantitative estimate of drug-likeness (QED) is 0.678. The van der Waals surface area contributed by atoms with Gasteiger partial charge in [0, 0.05) is 12.3 Å². The molecule has 10 heavy (non-hydrogen) atoms. The van der Waals surface area contributed by atoms with Crippen LogP contribution in [0.5, 0.6) is 0 Å². The van der Waals surface area contributed by atoms with E-state index in [9.17, 15) is 0 Å². The maximum Gasteiger partial charge on any atom is 0.300 e. The van der Waals surface area contributed by atoms with Crippen molar-refractivity contribution in [2.45, 2.75) is 26.4 Å². The van der Waals surface area contributed by atoms with Gasteiger partial charge in [-0.15, -0.1) is 0 Å². The summed E-state index contributed by atoms with van der Waals surface area (Å²) < 4.78 is 0. The van der Waals surface area contributed by atoms with E-state index in [1.807, 2.05) is 6.92 Å². The summed E-state index contributed by atoms with van der Waals surface area (Å²) in [5, 5.41) is 16.7. The van der Waals surface area contributed by atoms with Crippen molar-refractivity contribution in [2.75, 3.05) is 5.33 Å². The number of aliphatic hydroxyl groups excluding tert-OH is 1. The van der Waals surface area contributed by atoms with Crippen LogP contribution in [0, 0.1) is 0 Å². The zero-order chi connectivity index (χ0) is 8.57. The third kappa shape index (κ3) is 24.7. The SMILES string of the molecule is CC(=O)O.CC[C@H](O)CBr. The predicted octanol–water partition coefficient (Wildman–Crippen LogP) is 1.24. The summed E-state index contributed by atoms with van der Waals surface area (Å²) in [4.78, 5) is 9.00. The predicted molar refractivity (Wildman–Crippen MR) is 43.4 cm³/mol. The van der Waals surface area contributed by atoms with E-state index in [4.69, 9.17) is 15.0 Å². The second kappa shape index (κ2) is 8.91. The molecule has 3 nitrogen and oxygen atoms in total. The van der Waals surface area contributed by atoms with Crippen LogP contribution in [0.25, 0.3) is 0 Å². The van der Waals surface area contributed by atoms with Crippen molar-refractivity contribution < 1.29 is 15.0 Å². The summed E-state index contributed by atoms with van der Waals surface area (Å²) in [7, 11) is 0. The van der Waals surface area contributed by atoms with Crippen molar-refractivity contribution in [3.63, 3.8) is 0 Å². The molecule has 0 spiro atoms. The minimum Gasteiger partial charge on any atom is -0.481 e. The van der Waals surface area contributed by atoms with Gasteiger partial charge in [0.15, 0.2) is 0 Å². The second-order valence-electron chi connectivity index (χ2n) is 1.74. The summed E-state index contributed by atoms with van der Waals surface area (Å²) in [5.74, 6) is -0.833. The van der Waals surface area contributed by atoms with Crippen molar-refractivity contribution in [1.82, 2.24) is 0 Å². The van der Waals surface area contributed by atoms with E-state index in [0.29, 0.717) is 5.33 Å². The molecule has 0 saturated heterocycles. The number of aliphatic carboxylic acids is 1. The van der Waals surface area contributed by atoms with Crippen molar-refractivity contribution in [1.29, 1.82) is 0 Å². The van der Waals surface area contributed by atoms with Gasteiger partial charge in [-0.2, -0.15) is 0 Å². The Morgan fingerprint density at radius 3 is 2.00 bits per heavy atom. The number of halogens is 1. The standard InChI is InChI=1S/C4H9BrO.C2H4O2/c1-2-4(6)3-5;1-2(3)4/h4,6H,2-3H2,1H3;1H3,(H,3,4)/t4-;/m0./s1. The third-order valence-corrected chi connectivity index (χ3v) is 1.40. The smallest absolute Gasteiger partial charge is 0.300 e. The van der Waals surface area contributed by atoms with Crippen LogP contribution < -0.4 is 0 Å². The molecule has 62 valence electrons. The number of hydrogen-bond donors (Lipinski definition) is 2. The normalized spacial score (nSPS) is 11.2. The van der Waals surface area contributed by atoms with Gasteiger partial charge in [-0.3, -0.25) is 4.79 Å². The van der Waals surface area contributed by atoms with Crippen LogP contribution in [0.2, 0.25) is 0 Å². The molecule has 0 heterocycles. The van der Waals surface area contributed by atoms with Crippen molar-refractivity contribution >= 4 is 21.9 Å². The first-order valence-electron chi connectivity index (χ1n) is 2.98. The van der Waals surface area contributed by atoms with Gasteiger partial charge in [0.25, 0.3) is 5.97 Å². The highest BCUT2D eigenvalue weighted by atomic mass is 79.9. The fraction of sp³-hybridized carbons (Fsp3) is 0.833. The molecule has 0 aromatic heterocycles. The average molecular weight is 213 g/mol. The minimum atomic E-state index is -0.833. The minimum absolute atomic E-state index is 0.148. The molecule has 4 heteroatoms. The van der Waals surface area contributed by atoms with Crippen LogP contribution in [0.3, 0.4) is 0 Å². The number of carbonyl (C=O) groups is 1. The topological polar surface area (TPSA) is 57.5 Å². The van der Waals surface area contributed by atoms with Gasteiger partial charge < -0.3 is 10.2 Å². The second-order valence-corrected chi connectivity index (χ2v) is 2.38. The van der Waals surface area contributed by atoms with Crippen LogP contribution in [0.15, 0.2) is 0 Å². The number of aliphatic hydroxyl groups is 1. The molecule has 0 unspecified atom stereocenters. The van der Waals surface area contributed by atoms with Gasteiger partial charge in [-0.1, -0.05) is 22.9 Å². The molecule has 0 aliphatic carbocycles. The fourth-order valence-electron chi connectivity index (χ4n) is 0.109. The van der Waals surface area contributed by atoms with E-state index < -0.39 is 5.97 Å². The lowest BCUT2D eigenvalue weighted by Gasteiger charge is -1.96. The monoisotopic (exact) mass is 212 g/mol. The van der Waals surface area contributed by atoms with Crippen molar-refractivity contribution in [3.05, 3.63) is 0 Å². The Kier molecular flexibility index (Phi) is 11.2. The highest BCUT2D eigenvalue weighted by Gasteiger charge is 1.92. The first-order chi connectivity index (χ1) is 4.54. The lowest BCUT2D eigenvalue weighted by atomic mass is 10.3. The maximum absolute atomic E-state index is 9.00. The van der Waals surface area contributed by atoms with Gasteiger partial charge in [0.1, 0.15) is 0 Å². The van der Waals surface area contributed by atoms with E-state index in [-0.39, 0.29) is 6.10 Å². The van der Waals surface area contributed by atoms with Gasteiger partial charge in [0.2, 0.25) is 0 Å². The zero-order valence-electron chi connectivity index (χ0n) is 6.17. The summed E-state index contributed by atoms with van der Waals surface area (Å²) >= 11 is 3.12. The van der Waals surface area contributed by atoms with Crippen LogP contribution in [-0.2, 0) is 4.79 Å². The fourth-order valence-corrected chi connectivity index (χ4v) is 0.567. The van der Waals surface area contributed by atoms with Crippen molar-refractivity contribution in [2.24, 2.45) is 0 Å². The summed E-state index contributed by atoms with van der Waals surface area (Å²) in [6.07, 6.45) is 0.690. The molecule has 0 rings (SSSR count). The molecule has 0 aromatic carbocycles. The van der Waals surface area contributed by atoms with Gasteiger partial charge in [0.05, 0.1) is 6.10 Å². The van der Waals surface area contributed by atoms with E-state index in [0.717, 1.165) is 13.3 Å². The van der Waals surface area contributed by atoms with E-state index in [2.05, 4.69) is 15.9 Å².